The molecule has 0 fully saturated rings. The Labute approximate surface area is 155 Å². The molecule has 1 heterocycles. The van der Waals surface area contributed by atoms with Gasteiger partial charge in [0.15, 0.2) is 0 Å². The predicted molar refractivity (Wildman–Crippen MR) is 102 cm³/mol. The van der Waals surface area contributed by atoms with Gasteiger partial charge < -0.3 is 10.3 Å². The number of benzene rings is 2. The van der Waals surface area contributed by atoms with E-state index in [4.69, 9.17) is 0 Å². The highest BCUT2D eigenvalue weighted by atomic mass is 19.1. The first-order valence-electron chi connectivity index (χ1n) is 8.47. The van der Waals surface area contributed by atoms with Gasteiger partial charge in [0.25, 0.3) is 5.56 Å². The summed E-state index contributed by atoms with van der Waals surface area (Å²) in [6.45, 7) is 3.85. The third-order valence-corrected chi connectivity index (χ3v) is 4.53. The average molecular weight is 363 g/mol. The van der Waals surface area contributed by atoms with E-state index >= 15 is 0 Å². The van der Waals surface area contributed by atoms with Crippen molar-refractivity contribution in [3.05, 3.63) is 75.3 Å². The van der Waals surface area contributed by atoms with Crippen molar-refractivity contribution in [3.63, 3.8) is 0 Å². The van der Waals surface area contributed by atoms with Crippen molar-refractivity contribution < 1.29 is 9.18 Å². The third-order valence-electron chi connectivity index (χ3n) is 4.53. The first-order valence-corrected chi connectivity index (χ1v) is 8.47. The molecule has 136 valence electrons. The third kappa shape index (κ3) is 3.87. The first-order chi connectivity index (χ1) is 12.9. The molecule has 3 rings (SSSR count). The lowest BCUT2D eigenvalue weighted by Crippen LogP contribution is -2.26. The Morgan fingerprint density at radius 1 is 1.19 bits per heavy atom. The summed E-state index contributed by atoms with van der Waals surface area (Å²) in [6.07, 6.45) is -0.0117. The molecule has 2 N–H and O–H groups in total. The molecular weight excluding hydrogens is 345 g/mol. The van der Waals surface area contributed by atoms with Crippen LogP contribution in [0, 0.1) is 36.9 Å². The zero-order chi connectivity index (χ0) is 19.6. The van der Waals surface area contributed by atoms with Gasteiger partial charge in [-0.2, -0.15) is 5.26 Å². The summed E-state index contributed by atoms with van der Waals surface area (Å²) in [5.74, 6) is -2.00. The zero-order valence-electron chi connectivity index (χ0n) is 15.0. The summed E-state index contributed by atoms with van der Waals surface area (Å²) in [5, 5.41) is 12.9. The monoisotopic (exact) mass is 363 g/mol. The minimum atomic E-state index is -1.04. The van der Waals surface area contributed by atoms with Gasteiger partial charge in [0.1, 0.15) is 11.7 Å². The molecule has 1 atom stereocenters. The Bertz CT molecular complexity index is 1110. The number of H-pyrrole nitrogens is 1. The molecule has 0 radical (unpaired) electrons. The lowest BCUT2D eigenvalue weighted by atomic mass is 9.97. The van der Waals surface area contributed by atoms with Gasteiger partial charge in [-0.05, 0) is 55.3 Å². The van der Waals surface area contributed by atoms with Gasteiger partial charge >= 0.3 is 0 Å². The van der Waals surface area contributed by atoms with Crippen LogP contribution < -0.4 is 10.9 Å². The van der Waals surface area contributed by atoms with E-state index in [-0.39, 0.29) is 12.0 Å². The van der Waals surface area contributed by atoms with Crippen molar-refractivity contribution in [1.82, 2.24) is 4.98 Å². The number of hydrogen-bond donors (Lipinski definition) is 2. The molecule has 0 saturated heterocycles. The highest BCUT2D eigenvalue weighted by Crippen LogP contribution is 2.21. The van der Waals surface area contributed by atoms with Gasteiger partial charge in [0.05, 0.1) is 11.6 Å². The summed E-state index contributed by atoms with van der Waals surface area (Å²) in [4.78, 5) is 27.7. The second kappa shape index (κ2) is 7.42. The minimum Gasteiger partial charge on any atom is -0.325 e. The van der Waals surface area contributed by atoms with E-state index in [2.05, 4.69) is 10.3 Å². The van der Waals surface area contributed by atoms with E-state index < -0.39 is 17.6 Å². The number of aromatic nitrogens is 1. The molecule has 0 aliphatic heterocycles. The first kappa shape index (κ1) is 18.3. The van der Waals surface area contributed by atoms with Crippen LogP contribution in [0.3, 0.4) is 0 Å². The number of pyridine rings is 1. The maximum Gasteiger partial charge on any atom is 0.251 e. The van der Waals surface area contributed by atoms with E-state index in [1.165, 1.54) is 24.3 Å². The second-order valence-corrected chi connectivity index (χ2v) is 6.49. The molecule has 1 amide bonds. The molecule has 27 heavy (non-hydrogen) atoms. The van der Waals surface area contributed by atoms with E-state index in [1.807, 2.05) is 32.0 Å². The summed E-state index contributed by atoms with van der Waals surface area (Å²) in [5.41, 5.74) is 3.15. The second-order valence-electron chi connectivity index (χ2n) is 6.49. The fraction of sp³-hybridized carbons (Fsp3) is 0.190. The number of nitriles is 1. The average Bonchev–Trinajstić information content (AvgIpc) is 2.65. The molecule has 0 unspecified atom stereocenters. The maximum absolute atomic E-state index is 13.0. The van der Waals surface area contributed by atoms with Crippen molar-refractivity contribution in [1.29, 1.82) is 5.26 Å². The number of aromatic amines is 1. The van der Waals surface area contributed by atoms with Gasteiger partial charge in [0, 0.05) is 23.1 Å². The molecular formula is C21H18FN3O2. The molecule has 0 saturated carbocycles. The number of aryl methyl sites for hydroxylation is 2. The Balaban J connectivity index is 1.88. The molecule has 0 bridgehead atoms. The van der Waals surface area contributed by atoms with Crippen LogP contribution in [0.25, 0.3) is 10.9 Å². The van der Waals surface area contributed by atoms with Crippen LogP contribution in [0.4, 0.5) is 10.1 Å². The van der Waals surface area contributed by atoms with E-state index in [0.29, 0.717) is 11.3 Å². The zero-order valence-corrected chi connectivity index (χ0v) is 15.0. The van der Waals surface area contributed by atoms with E-state index in [0.717, 1.165) is 22.0 Å². The van der Waals surface area contributed by atoms with Crippen molar-refractivity contribution in [3.8, 4) is 6.07 Å². The van der Waals surface area contributed by atoms with Crippen molar-refractivity contribution in [2.45, 2.75) is 20.3 Å². The van der Waals surface area contributed by atoms with E-state index in [1.54, 1.807) is 6.07 Å². The largest absolute Gasteiger partial charge is 0.325 e. The normalized spacial score (nSPS) is 11.8. The quantitative estimate of drug-likeness (QED) is 0.742. The van der Waals surface area contributed by atoms with Crippen LogP contribution >= 0.6 is 0 Å². The minimum absolute atomic E-state index is 0.0117. The molecule has 0 aliphatic rings. The number of anilines is 1. The summed E-state index contributed by atoms with van der Waals surface area (Å²) < 4.78 is 13.0. The number of nitrogens with one attached hydrogen (secondary N) is 2. The Morgan fingerprint density at radius 3 is 2.52 bits per heavy atom. The standard InChI is InChI=1S/C21H18FN3O2/c1-12-3-4-13(2)19-18(12)10-14(20(26)25-19)9-15(11-23)21(27)24-17-7-5-16(22)6-8-17/h3-8,10,15H,9H2,1-2H3,(H,24,27)(H,25,26)/t15-/m0/s1. The fourth-order valence-corrected chi connectivity index (χ4v) is 2.95. The molecule has 1 aromatic heterocycles. The number of carbonyl (C=O) groups excluding carboxylic acids is 1. The number of amides is 1. The van der Waals surface area contributed by atoms with Crippen LogP contribution in [0.15, 0.2) is 47.3 Å². The van der Waals surface area contributed by atoms with Crippen LogP contribution in [-0.4, -0.2) is 10.9 Å². The van der Waals surface area contributed by atoms with Gasteiger partial charge in [-0.3, -0.25) is 9.59 Å². The number of nitrogens with zero attached hydrogens (tertiary/aromatic N) is 1. The molecule has 5 nitrogen and oxygen atoms in total. The van der Waals surface area contributed by atoms with Gasteiger partial charge in [-0.1, -0.05) is 12.1 Å². The van der Waals surface area contributed by atoms with Gasteiger partial charge in [-0.25, -0.2) is 4.39 Å². The van der Waals surface area contributed by atoms with Crippen molar-refractivity contribution >= 4 is 22.5 Å². The highest BCUT2D eigenvalue weighted by Gasteiger charge is 2.21. The highest BCUT2D eigenvalue weighted by molar-refractivity contribution is 5.94. The van der Waals surface area contributed by atoms with Crippen LogP contribution in [0.1, 0.15) is 16.7 Å². The Kier molecular flexibility index (Phi) is 5.04. The molecule has 2 aromatic carbocycles. The SMILES string of the molecule is Cc1ccc(C)c2[nH]c(=O)c(C[C@@H](C#N)C(=O)Nc3ccc(F)cc3)cc12. The van der Waals surface area contributed by atoms with Gasteiger partial charge in [0.2, 0.25) is 5.91 Å². The molecule has 0 aliphatic carbocycles. The lowest BCUT2D eigenvalue weighted by molar-refractivity contribution is -0.118. The fourth-order valence-electron chi connectivity index (χ4n) is 2.95. The molecule has 6 heteroatoms. The van der Waals surface area contributed by atoms with Crippen molar-refractivity contribution in [2.75, 3.05) is 5.32 Å². The Hall–Kier alpha value is -3.46. The van der Waals surface area contributed by atoms with Gasteiger partial charge in [-0.15, -0.1) is 0 Å². The summed E-state index contributed by atoms with van der Waals surface area (Å²) >= 11 is 0. The number of hydrogen-bond acceptors (Lipinski definition) is 3. The molecule has 3 aromatic rings. The maximum atomic E-state index is 13.0. The lowest BCUT2D eigenvalue weighted by Gasteiger charge is -2.12. The van der Waals surface area contributed by atoms with Crippen LogP contribution in [0.5, 0.6) is 0 Å². The topological polar surface area (TPSA) is 85.8 Å². The summed E-state index contributed by atoms with van der Waals surface area (Å²) in [7, 11) is 0. The predicted octanol–water partition coefficient (Wildman–Crippen LogP) is 3.61. The molecule has 0 spiro atoms. The number of halogens is 1. The van der Waals surface area contributed by atoms with Crippen molar-refractivity contribution in [2.24, 2.45) is 5.92 Å². The van der Waals surface area contributed by atoms with Crippen LogP contribution in [0.2, 0.25) is 0 Å². The van der Waals surface area contributed by atoms with Crippen LogP contribution in [-0.2, 0) is 11.2 Å². The number of fused-ring (bicyclic) bond motifs is 1. The smallest absolute Gasteiger partial charge is 0.251 e. The number of rotatable bonds is 4. The Morgan fingerprint density at radius 2 is 1.85 bits per heavy atom. The summed E-state index contributed by atoms with van der Waals surface area (Å²) in [6, 6.07) is 12.8. The number of carbonyl (C=O) groups is 1. The van der Waals surface area contributed by atoms with E-state index in [9.17, 15) is 19.2 Å².